The summed E-state index contributed by atoms with van der Waals surface area (Å²) in [6, 6.07) is 8.73. The molecule has 0 aromatic heterocycles. The standard InChI is InChI=1S/C25H34F3N3O4S/c1-32-11-7-30(8-12-33-2)18-5-6-21-22(16-18)36-23-17-19(31(9-13-34-3)10-14-35-4)15-20(24(23)29-21)25(26,27)28/h5-6,15-17,29H,7-14H2,1-4H3. The monoisotopic (exact) mass is 529 g/mol. The summed E-state index contributed by atoms with van der Waals surface area (Å²) in [5, 5.41) is 3.04. The summed E-state index contributed by atoms with van der Waals surface area (Å²) >= 11 is 1.33. The zero-order chi connectivity index (χ0) is 26.1. The Labute approximate surface area is 214 Å². The number of hydrogen-bond acceptors (Lipinski definition) is 8. The first-order valence-electron chi connectivity index (χ1n) is 11.6. The smallest absolute Gasteiger partial charge is 0.383 e. The Morgan fingerprint density at radius 2 is 1.22 bits per heavy atom. The zero-order valence-corrected chi connectivity index (χ0v) is 21.9. The molecule has 0 saturated carbocycles. The molecule has 200 valence electrons. The first-order valence-corrected chi connectivity index (χ1v) is 12.4. The molecule has 3 rings (SSSR count). The summed E-state index contributed by atoms with van der Waals surface area (Å²) in [5.41, 5.74) is 1.45. The van der Waals surface area contributed by atoms with Crippen molar-refractivity contribution in [3.05, 3.63) is 35.9 Å². The first kappa shape index (κ1) is 28.4. The molecule has 11 heteroatoms. The van der Waals surface area contributed by atoms with Gasteiger partial charge in [0.25, 0.3) is 0 Å². The fourth-order valence-electron chi connectivity index (χ4n) is 3.91. The minimum absolute atomic E-state index is 0.0746. The minimum atomic E-state index is -4.52. The summed E-state index contributed by atoms with van der Waals surface area (Å²) in [4.78, 5) is 5.36. The van der Waals surface area contributed by atoms with Gasteiger partial charge in [-0.3, -0.25) is 0 Å². The lowest BCUT2D eigenvalue weighted by atomic mass is 10.1. The van der Waals surface area contributed by atoms with Crippen LogP contribution in [0.4, 0.5) is 35.9 Å². The van der Waals surface area contributed by atoms with E-state index in [2.05, 4.69) is 10.2 Å². The molecule has 2 aromatic carbocycles. The Bertz CT molecular complexity index is 978. The van der Waals surface area contributed by atoms with Gasteiger partial charge in [0.15, 0.2) is 0 Å². The number of benzene rings is 2. The highest BCUT2D eigenvalue weighted by Crippen LogP contribution is 2.51. The molecule has 1 aliphatic rings. The number of hydrogen-bond donors (Lipinski definition) is 1. The van der Waals surface area contributed by atoms with E-state index in [4.69, 9.17) is 18.9 Å². The number of fused-ring (bicyclic) bond motifs is 2. The average molecular weight is 530 g/mol. The van der Waals surface area contributed by atoms with Gasteiger partial charge >= 0.3 is 6.18 Å². The maximum absolute atomic E-state index is 14.2. The van der Waals surface area contributed by atoms with Gasteiger partial charge in [0, 0.05) is 75.8 Å². The van der Waals surface area contributed by atoms with Crippen LogP contribution in [0, 0.1) is 0 Å². The van der Waals surface area contributed by atoms with Crippen LogP contribution in [0.2, 0.25) is 0 Å². The van der Waals surface area contributed by atoms with Gasteiger partial charge in [0.1, 0.15) is 0 Å². The van der Waals surface area contributed by atoms with Gasteiger partial charge in [-0.1, -0.05) is 11.8 Å². The van der Waals surface area contributed by atoms with E-state index in [1.54, 1.807) is 34.5 Å². The van der Waals surface area contributed by atoms with Crippen LogP contribution in [-0.2, 0) is 25.1 Å². The lowest BCUT2D eigenvalue weighted by molar-refractivity contribution is -0.137. The molecule has 0 saturated heterocycles. The van der Waals surface area contributed by atoms with Crippen LogP contribution in [0.3, 0.4) is 0 Å². The van der Waals surface area contributed by atoms with Crippen molar-refractivity contribution in [2.45, 2.75) is 16.0 Å². The van der Waals surface area contributed by atoms with Gasteiger partial charge in [-0.05, 0) is 30.3 Å². The molecule has 1 heterocycles. The van der Waals surface area contributed by atoms with Crippen molar-refractivity contribution in [3.63, 3.8) is 0 Å². The van der Waals surface area contributed by atoms with Crippen LogP contribution in [0.5, 0.6) is 0 Å². The zero-order valence-electron chi connectivity index (χ0n) is 21.1. The lowest BCUT2D eigenvalue weighted by Crippen LogP contribution is -2.31. The predicted molar refractivity (Wildman–Crippen MR) is 137 cm³/mol. The van der Waals surface area contributed by atoms with E-state index in [0.29, 0.717) is 68.9 Å². The molecule has 36 heavy (non-hydrogen) atoms. The van der Waals surface area contributed by atoms with Crippen molar-refractivity contribution < 1.29 is 32.1 Å². The van der Waals surface area contributed by atoms with E-state index < -0.39 is 11.7 Å². The number of rotatable bonds is 14. The third kappa shape index (κ3) is 7.19. The molecule has 0 unspecified atom stereocenters. The van der Waals surface area contributed by atoms with E-state index in [1.165, 1.54) is 17.8 Å². The van der Waals surface area contributed by atoms with E-state index in [9.17, 15) is 13.2 Å². The summed E-state index contributed by atoms with van der Waals surface area (Å²) in [7, 11) is 6.44. The molecular formula is C25H34F3N3O4S. The van der Waals surface area contributed by atoms with Crippen molar-refractivity contribution in [1.29, 1.82) is 0 Å². The molecule has 0 amide bonds. The van der Waals surface area contributed by atoms with Gasteiger partial charge in [0.05, 0.1) is 43.4 Å². The van der Waals surface area contributed by atoms with Crippen LogP contribution in [0.1, 0.15) is 5.56 Å². The van der Waals surface area contributed by atoms with E-state index in [1.807, 2.05) is 23.1 Å². The Morgan fingerprint density at radius 3 is 1.72 bits per heavy atom. The molecule has 0 radical (unpaired) electrons. The Balaban J connectivity index is 1.98. The van der Waals surface area contributed by atoms with Crippen LogP contribution in [-0.4, -0.2) is 81.0 Å². The number of methoxy groups -OCH3 is 4. The Hall–Kier alpha value is -2.18. The van der Waals surface area contributed by atoms with Crippen molar-refractivity contribution in [1.82, 2.24) is 0 Å². The summed E-state index contributed by atoms with van der Waals surface area (Å²) in [6.07, 6.45) is -4.52. The minimum Gasteiger partial charge on any atom is -0.383 e. The van der Waals surface area contributed by atoms with Crippen LogP contribution >= 0.6 is 11.8 Å². The molecule has 0 bridgehead atoms. The third-order valence-corrected chi connectivity index (χ3v) is 6.93. The predicted octanol–water partition coefficient (Wildman–Crippen LogP) is 5.11. The van der Waals surface area contributed by atoms with Crippen LogP contribution < -0.4 is 15.1 Å². The second kappa shape index (κ2) is 13.4. The number of nitrogens with zero attached hydrogens (tertiary/aromatic N) is 2. The van der Waals surface area contributed by atoms with Crippen LogP contribution in [0.15, 0.2) is 40.1 Å². The molecule has 0 atom stereocenters. The largest absolute Gasteiger partial charge is 0.418 e. The Morgan fingerprint density at radius 1 is 0.722 bits per heavy atom. The van der Waals surface area contributed by atoms with Crippen molar-refractivity contribution in [3.8, 4) is 0 Å². The fourth-order valence-corrected chi connectivity index (χ4v) is 5.00. The maximum Gasteiger partial charge on any atom is 0.418 e. The molecule has 1 aliphatic heterocycles. The second-order valence-electron chi connectivity index (χ2n) is 8.22. The highest BCUT2D eigenvalue weighted by Gasteiger charge is 2.37. The van der Waals surface area contributed by atoms with Gasteiger partial charge < -0.3 is 34.1 Å². The molecule has 0 aliphatic carbocycles. The van der Waals surface area contributed by atoms with Crippen molar-refractivity contribution in [2.75, 3.05) is 96.2 Å². The second-order valence-corrected chi connectivity index (χ2v) is 9.30. The quantitative estimate of drug-likeness (QED) is 0.309. The van der Waals surface area contributed by atoms with Gasteiger partial charge in [-0.2, -0.15) is 13.2 Å². The summed E-state index contributed by atoms with van der Waals surface area (Å²) in [6.45, 7) is 4.11. The van der Waals surface area contributed by atoms with Gasteiger partial charge in [-0.15, -0.1) is 0 Å². The molecule has 1 N–H and O–H groups in total. The lowest BCUT2D eigenvalue weighted by Gasteiger charge is -2.30. The van der Waals surface area contributed by atoms with E-state index in [0.717, 1.165) is 10.6 Å². The number of anilines is 4. The maximum atomic E-state index is 14.2. The van der Waals surface area contributed by atoms with E-state index in [-0.39, 0.29) is 5.69 Å². The van der Waals surface area contributed by atoms with Crippen molar-refractivity contribution in [2.24, 2.45) is 0 Å². The molecule has 7 nitrogen and oxygen atoms in total. The van der Waals surface area contributed by atoms with E-state index >= 15 is 0 Å². The molecule has 0 fully saturated rings. The molecular weight excluding hydrogens is 495 g/mol. The number of halogens is 3. The summed E-state index contributed by atoms with van der Waals surface area (Å²) in [5.74, 6) is 0. The summed E-state index contributed by atoms with van der Waals surface area (Å²) < 4.78 is 63.3. The van der Waals surface area contributed by atoms with Gasteiger partial charge in [0.2, 0.25) is 0 Å². The van der Waals surface area contributed by atoms with Crippen molar-refractivity contribution >= 4 is 34.5 Å². The number of nitrogens with one attached hydrogen (secondary N) is 1. The first-order chi connectivity index (χ1) is 17.3. The molecule has 2 aromatic rings. The highest BCUT2D eigenvalue weighted by molar-refractivity contribution is 7.99. The highest BCUT2D eigenvalue weighted by atomic mass is 32.2. The van der Waals surface area contributed by atoms with Gasteiger partial charge in [-0.25, -0.2) is 0 Å². The number of alkyl halides is 3. The Kier molecular flexibility index (Phi) is 10.6. The molecule has 0 spiro atoms. The average Bonchev–Trinajstić information content (AvgIpc) is 2.86. The normalized spacial score (nSPS) is 12.6. The topological polar surface area (TPSA) is 55.4 Å². The SMILES string of the molecule is COCCN(CCOC)c1ccc2c(c1)Sc1cc(N(CCOC)CCOC)cc(C(F)(F)F)c1N2. The van der Waals surface area contributed by atoms with Crippen LogP contribution in [0.25, 0.3) is 0 Å². The fraction of sp³-hybridized carbons (Fsp3) is 0.520. The third-order valence-electron chi connectivity index (χ3n) is 5.83. The number of ether oxygens (including phenoxy) is 4.